The van der Waals surface area contributed by atoms with Crippen molar-refractivity contribution in [1.82, 2.24) is 10.4 Å². The number of nitrogens with two attached hydrogens (primary N) is 3. The number of nitrogens with zero attached hydrogens (tertiary/aromatic N) is 2. The van der Waals surface area contributed by atoms with Crippen LogP contribution in [0, 0.1) is 16.7 Å². The van der Waals surface area contributed by atoms with Crippen LogP contribution in [0.5, 0.6) is 0 Å². The van der Waals surface area contributed by atoms with Crippen molar-refractivity contribution in [2.24, 2.45) is 34.4 Å². The zero-order valence-electron chi connectivity index (χ0n) is 15.5. The van der Waals surface area contributed by atoms with Gasteiger partial charge in [0.05, 0.1) is 11.8 Å². The molecule has 1 aromatic carbocycles. The van der Waals surface area contributed by atoms with Gasteiger partial charge in [-0.2, -0.15) is 0 Å². The molecule has 10 heteroatoms. The molecule has 2 amide bonds. The summed E-state index contributed by atoms with van der Waals surface area (Å²) in [5.41, 5.74) is 14.7. The Morgan fingerprint density at radius 2 is 1.85 bits per heavy atom. The van der Waals surface area contributed by atoms with Gasteiger partial charge in [0.1, 0.15) is 5.92 Å². The third-order valence-electron chi connectivity index (χ3n) is 3.65. The van der Waals surface area contributed by atoms with Crippen LogP contribution in [0.2, 0.25) is 0 Å². The molecule has 27 heavy (non-hydrogen) atoms. The van der Waals surface area contributed by atoms with Crippen molar-refractivity contribution >= 4 is 17.5 Å². The SMILES string of the molecule is CC(C)CC(C(=O)NN=O)C(=O)Nc1ccc(CN(N)/C=C(\N)CN)cc1. The fourth-order valence-electron chi connectivity index (χ4n) is 2.37. The third kappa shape index (κ3) is 7.84. The van der Waals surface area contributed by atoms with Gasteiger partial charge in [0.25, 0.3) is 5.91 Å². The maximum absolute atomic E-state index is 12.4. The second-order valence-corrected chi connectivity index (χ2v) is 6.52. The normalized spacial score (nSPS) is 12.4. The topological polar surface area (TPSA) is 169 Å². The lowest BCUT2D eigenvalue weighted by molar-refractivity contribution is -0.133. The zero-order valence-corrected chi connectivity index (χ0v) is 15.5. The Balaban J connectivity index is 2.75. The molecule has 148 valence electrons. The van der Waals surface area contributed by atoms with Gasteiger partial charge in [-0.25, -0.2) is 11.3 Å². The minimum absolute atomic E-state index is 0.0880. The smallest absolute Gasteiger partial charge is 0.255 e. The van der Waals surface area contributed by atoms with Gasteiger partial charge in [0.15, 0.2) is 0 Å². The lowest BCUT2D eigenvalue weighted by atomic mass is 9.95. The van der Waals surface area contributed by atoms with E-state index < -0.39 is 17.7 Å². The number of nitroso groups, excluding NO2 is 1. The number of rotatable bonds is 10. The summed E-state index contributed by atoms with van der Waals surface area (Å²) in [6.45, 7) is 4.37. The standard InChI is InChI=1S/C17H27N7O3/c1-11(2)7-15(17(26)22-23-27)16(25)21-14-5-3-12(4-6-14)9-24(20)10-13(19)8-18/h3-6,10-11,15H,7-9,18-20H2,1-2H3,(H,21,25)(H,22,26,27)/b13-10-. The molecule has 0 spiro atoms. The molecule has 0 aliphatic rings. The molecule has 8 N–H and O–H groups in total. The number of hydrogen-bond acceptors (Lipinski definition) is 8. The van der Waals surface area contributed by atoms with Crippen LogP contribution in [0.1, 0.15) is 25.8 Å². The van der Waals surface area contributed by atoms with Gasteiger partial charge in [-0.05, 0) is 30.0 Å². The molecule has 0 radical (unpaired) electrons. The number of hydrazine groups is 1. The number of carbonyl (C=O) groups excluding carboxylic acids is 2. The molecular formula is C17H27N7O3. The van der Waals surface area contributed by atoms with E-state index in [0.717, 1.165) is 5.56 Å². The van der Waals surface area contributed by atoms with E-state index in [1.165, 1.54) is 5.01 Å². The largest absolute Gasteiger partial charge is 0.400 e. The lowest BCUT2D eigenvalue weighted by Crippen LogP contribution is -2.36. The van der Waals surface area contributed by atoms with Crippen molar-refractivity contribution in [2.45, 2.75) is 26.8 Å². The fraction of sp³-hybridized carbons (Fsp3) is 0.412. The first-order chi connectivity index (χ1) is 12.8. The highest BCUT2D eigenvalue weighted by Crippen LogP contribution is 2.17. The van der Waals surface area contributed by atoms with Crippen LogP contribution in [0.3, 0.4) is 0 Å². The Labute approximate surface area is 158 Å². The summed E-state index contributed by atoms with van der Waals surface area (Å²) >= 11 is 0. The van der Waals surface area contributed by atoms with Crippen LogP contribution < -0.4 is 28.1 Å². The molecule has 0 aromatic heterocycles. The molecule has 0 aliphatic carbocycles. The van der Waals surface area contributed by atoms with E-state index >= 15 is 0 Å². The van der Waals surface area contributed by atoms with Crippen LogP contribution in [0.25, 0.3) is 0 Å². The van der Waals surface area contributed by atoms with Gasteiger partial charge < -0.3 is 21.8 Å². The van der Waals surface area contributed by atoms with Crippen LogP contribution in [0.4, 0.5) is 5.69 Å². The minimum atomic E-state index is -1.01. The fourth-order valence-corrected chi connectivity index (χ4v) is 2.37. The van der Waals surface area contributed by atoms with E-state index in [9.17, 15) is 14.5 Å². The van der Waals surface area contributed by atoms with Gasteiger partial charge in [0.2, 0.25) is 5.91 Å². The first-order valence-corrected chi connectivity index (χ1v) is 8.46. The number of amides is 2. The molecule has 0 saturated carbocycles. The Hall–Kier alpha value is -2.98. The second-order valence-electron chi connectivity index (χ2n) is 6.52. The molecule has 0 heterocycles. The Kier molecular flexibility index (Phi) is 8.90. The van der Waals surface area contributed by atoms with Crippen molar-refractivity contribution in [3.63, 3.8) is 0 Å². The third-order valence-corrected chi connectivity index (χ3v) is 3.65. The van der Waals surface area contributed by atoms with Crippen LogP contribution in [-0.2, 0) is 16.1 Å². The predicted molar refractivity (Wildman–Crippen MR) is 103 cm³/mol. The number of benzene rings is 1. The number of hydrogen-bond donors (Lipinski definition) is 5. The van der Waals surface area contributed by atoms with Gasteiger partial charge in [-0.3, -0.25) is 9.59 Å². The van der Waals surface area contributed by atoms with E-state index in [4.69, 9.17) is 17.3 Å². The highest BCUT2D eigenvalue weighted by Gasteiger charge is 2.27. The summed E-state index contributed by atoms with van der Waals surface area (Å²) in [6, 6.07) is 6.96. The van der Waals surface area contributed by atoms with Crippen molar-refractivity contribution in [1.29, 1.82) is 0 Å². The quantitative estimate of drug-likeness (QED) is 0.171. The molecule has 0 saturated heterocycles. The van der Waals surface area contributed by atoms with Gasteiger partial charge in [0, 0.05) is 24.1 Å². The summed E-state index contributed by atoms with van der Waals surface area (Å²) in [5.74, 6) is 3.67. The molecule has 10 nitrogen and oxygen atoms in total. The summed E-state index contributed by atoms with van der Waals surface area (Å²) in [7, 11) is 0. The Morgan fingerprint density at radius 1 is 1.22 bits per heavy atom. The van der Waals surface area contributed by atoms with E-state index in [1.54, 1.807) is 35.9 Å². The average molecular weight is 377 g/mol. The summed E-state index contributed by atoms with van der Waals surface area (Å²) in [4.78, 5) is 34.5. The monoisotopic (exact) mass is 377 g/mol. The average Bonchev–Trinajstić information content (AvgIpc) is 2.61. The highest BCUT2D eigenvalue weighted by atomic mass is 16.3. The highest BCUT2D eigenvalue weighted by molar-refractivity contribution is 6.06. The van der Waals surface area contributed by atoms with Crippen molar-refractivity contribution in [3.05, 3.63) is 46.6 Å². The lowest BCUT2D eigenvalue weighted by Gasteiger charge is -2.17. The molecule has 1 atom stereocenters. The maximum atomic E-state index is 12.4. The first kappa shape index (κ1) is 22.1. The minimum Gasteiger partial charge on any atom is -0.400 e. The van der Waals surface area contributed by atoms with Crippen molar-refractivity contribution < 1.29 is 9.59 Å². The molecule has 1 rings (SSSR count). The van der Waals surface area contributed by atoms with Gasteiger partial charge >= 0.3 is 0 Å². The predicted octanol–water partition coefficient (Wildman–Crippen LogP) is 0.520. The van der Waals surface area contributed by atoms with Gasteiger partial charge in [-0.15, -0.1) is 4.91 Å². The molecule has 0 aliphatic heterocycles. The number of anilines is 1. The summed E-state index contributed by atoms with van der Waals surface area (Å²) in [6.07, 6.45) is 1.84. The number of nitrogens with one attached hydrogen (secondary N) is 2. The summed E-state index contributed by atoms with van der Waals surface area (Å²) < 4.78 is 0. The zero-order chi connectivity index (χ0) is 20.4. The second kappa shape index (κ2) is 10.9. The van der Waals surface area contributed by atoms with E-state index in [0.29, 0.717) is 24.4 Å². The molecular weight excluding hydrogens is 350 g/mol. The van der Waals surface area contributed by atoms with Crippen LogP contribution in [-0.4, -0.2) is 23.4 Å². The maximum Gasteiger partial charge on any atom is 0.255 e. The Bertz CT molecular complexity index is 674. The van der Waals surface area contributed by atoms with Crippen LogP contribution >= 0.6 is 0 Å². The van der Waals surface area contributed by atoms with Crippen LogP contribution in [0.15, 0.2) is 41.4 Å². The molecule has 0 bridgehead atoms. The van der Waals surface area contributed by atoms with Gasteiger partial charge in [-0.1, -0.05) is 26.0 Å². The van der Waals surface area contributed by atoms with E-state index in [-0.39, 0.29) is 12.5 Å². The van der Waals surface area contributed by atoms with E-state index in [1.807, 2.05) is 13.8 Å². The van der Waals surface area contributed by atoms with E-state index in [2.05, 4.69) is 10.6 Å². The Morgan fingerprint density at radius 3 is 2.37 bits per heavy atom. The summed E-state index contributed by atoms with van der Waals surface area (Å²) in [5, 5.41) is 6.43. The van der Waals surface area contributed by atoms with Crippen molar-refractivity contribution in [3.8, 4) is 0 Å². The van der Waals surface area contributed by atoms with Crippen molar-refractivity contribution in [2.75, 3.05) is 11.9 Å². The molecule has 0 fully saturated rings. The molecule has 1 aromatic rings. The molecule has 1 unspecified atom stereocenters. The number of carbonyl (C=O) groups is 2. The first-order valence-electron chi connectivity index (χ1n) is 8.46.